The molecule has 3 rings (SSSR count). The average molecular weight is 365 g/mol. The maximum atomic E-state index is 11.8. The molecule has 0 aliphatic heterocycles. The van der Waals surface area contributed by atoms with Gasteiger partial charge < -0.3 is 4.74 Å². The van der Waals surface area contributed by atoms with Crippen molar-refractivity contribution in [1.82, 2.24) is 0 Å². The average Bonchev–Trinajstić information content (AvgIpc) is 2.94. The highest BCUT2D eigenvalue weighted by Crippen LogP contribution is 2.37. The zero-order valence-electron chi connectivity index (χ0n) is 12.3. The maximum absolute atomic E-state index is 11.8. The number of ether oxygens (including phenoxy) is 1. The molecule has 0 radical (unpaired) electrons. The van der Waals surface area contributed by atoms with E-state index in [9.17, 15) is 4.79 Å². The number of hydrogen-bond acceptors (Lipinski definition) is 3. The van der Waals surface area contributed by atoms with Crippen LogP contribution in [0.1, 0.15) is 30.4 Å². The van der Waals surface area contributed by atoms with E-state index in [1.807, 2.05) is 39.0 Å². The minimum Gasteiger partial charge on any atom is -0.462 e. The number of thiophene rings is 1. The Kier molecular flexibility index (Phi) is 5.37. The molecule has 0 amide bonds. The Morgan fingerprint density at radius 3 is 2.52 bits per heavy atom. The van der Waals surface area contributed by atoms with Gasteiger partial charge >= 0.3 is 5.97 Å². The van der Waals surface area contributed by atoms with Crippen LogP contribution >= 0.6 is 27.3 Å². The first kappa shape index (κ1) is 16.0. The Morgan fingerprint density at radius 2 is 1.86 bits per heavy atom. The minimum atomic E-state index is -0.246. The number of halogens is 1. The Labute approximate surface area is 136 Å². The van der Waals surface area contributed by atoms with Gasteiger partial charge in [-0.25, -0.2) is 4.79 Å². The van der Waals surface area contributed by atoms with Gasteiger partial charge in [-0.3, -0.25) is 0 Å². The van der Waals surface area contributed by atoms with Crippen LogP contribution in [0.3, 0.4) is 0 Å². The zero-order valence-corrected chi connectivity index (χ0v) is 14.7. The predicted molar refractivity (Wildman–Crippen MR) is 94.3 cm³/mol. The first-order chi connectivity index (χ1) is 10.2. The number of carbonyl (C=O) groups excluding carboxylic acids is 1. The lowest BCUT2D eigenvalue weighted by Gasteiger charge is -2.01. The molecule has 110 valence electrons. The van der Waals surface area contributed by atoms with E-state index in [-0.39, 0.29) is 5.97 Å². The molecule has 0 atom stereocenters. The number of carbonyl (C=O) groups is 1. The molecule has 2 aromatic carbocycles. The summed E-state index contributed by atoms with van der Waals surface area (Å²) in [6.45, 7) is 6.22. The molecule has 3 aromatic rings. The Balaban J connectivity index is 0.000000774. The zero-order chi connectivity index (χ0) is 15.4. The molecule has 4 heteroatoms. The quantitative estimate of drug-likeness (QED) is 0.519. The van der Waals surface area contributed by atoms with E-state index in [2.05, 4.69) is 34.1 Å². The Hall–Kier alpha value is -1.39. The van der Waals surface area contributed by atoms with Crippen LogP contribution < -0.4 is 0 Å². The predicted octanol–water partition coefficient (Wildman–Crippen LogP) is 6.02. The summed E-state index contributed by atoms with van der Waals surface area (Å²) in [6.07, 6.45) is 0. The van der Waals surface area contributed by atoms with E-state index in [0.717, 1.165) is 25.3 Å². The molecule has 0 aliphatic rings. The lowest BCUT2D eigenvalue weighted by Crippen LogP contribution is -2.01. The largest absolute Gasteiger partial charge is 0.462 e. The van der Waals surface area contributed by atoms with Crippen molar-refractivity contribution in [2.24, 2.45) is 0 Å². The fourth-order valence-electron chi connectivity index (χ4n) is 2.13. The van der Waals surface area contributed by atoms with E-state index in [0.29, 0.717) is 11.5 Å². The summed E-state index contributed by atoms with van der Waals surface area (Å²) in [5.41, 5.74) is 0. The van der Waals surface area contributed by atoms with Crippen LogP contribution in [0, 0.1) is 0 Å². The van der Waals surface area contributed by atoms with Gasteiger partial charge in [0.05, 0.1) is 6.61 Å². The van der Waals surface area contributed by atoms with Crippen molar-refractivity contribution in [3.63, 3.8) is 0 Å². The summed E-state index contributed by atoms with van der Waals surface area (Å²) in [5, 5.41) is 3.39. The molecule has 0 saturated carbocycles. The number of rotatable bonds is 2. The van der Waals surface area contributed by atoms with E-state index >= 15 is 0 Å². The highest BCUT2D eigenvalue weighted by molar-refractivity contribution is 9.10. The van der Waals surface area contributed by atoms with Gasteiger partial charge in [-0.05, 0) is 29.8 Å². The summed E-state index contributed by atoms with van der Waals surface area (Å²) in [4.78, 5) is 12.5. The smallest absolute Gasteiger partial charge is 0.348 e. The van der Waals surface area contributed by atoms with Crippen molar-refractivity contribution in [2.45, 2.75) is 20.8 Å². The van der Waals surface area contributed by atoms with Gasteiger partial charge in [0.1, 0.15) is 4.88 Å². The molecule has 0 spiro atoms. The van der Waals surface area contributed by atoms with Crippen LogP contribution in [0.25, 0.3) is 20.9 Å². The van der Waals surface area contributed by atoms with Gasteiger partial charge in [0.25, 0.3) is 0 Å². The van der Waals surface area contributed by atoms with E-state index < -0.39 is 0 Å². The lowest BCUT2D eigenvalue weighted by molar-refractivity contribution is 0.0532. The van der Waals surface area contributed by atoms with Crippen molar-refractivity contribution in [3.05, 3.63) is 45.7 Å². The lowest BCUT2D eigenvalue weighted by atomic mass is 10.1. The molecule has 2 nitrogen and oxygen atoms in total. The summed E-state index contributed by atoms with van der Waals surface area (Å²) >= 11 is 5.07. The van der Waals surface area contributed by atoms with Crippen LogP contribution in [0.4, 0.5) is 0 Å². The van der Waals surface area contributed by atoms with Crippen molar-refractivity contribution in [2.75, 3.05) is 6.61 Å². The normalized spacial score (nSPS) is 10.3. The van der Waals surface area contributed by atoms with Crippen molar-refractivity contribution >= 4 is 54.1 Å². The molecule has 0 bridgehead atoms. The van der Waals surface area contributed by atoms with Gasteiger partial charge in [-0.15, -0.1) is 11.3 Å². The maximum Gasteiger partial charge on any atom is 0.348 e. The second-order valence-electron chi connectivity index (χ2n) is 4.15. The highest BCUT2D eigenvalue weighted by Gasteiger charge is 2.14. The van der Waals surface area contributed by atoms with E-state index in [1.54, 1.807) is 0 Å². The minimum absolute atomic E-state index is 0.246. The third-order valence-corrected chi connectivity index (χ3v) is 4.77. The van der Waals surface area contributed by atoms with Crippen molar-refractivity contribution in [3.8, 4) is 0 Å². The first-order valence-electron chi connectivity index (χ1n) is 6.98. The van der Waals surface area contributed by atoms with Crippen LogP contribution in [0.2, 0.25) is 0 Å². The molecule has 0 unspecified atom stereocenters. The van der Waals surface area contributed by atoms with Crippen LogP contribution in [0.5, 0.6) is 0 Å². The molecule has 21 heavy (non-hydrogen) atoms. The fourth-order valence-corrected chi connectivity index (χ4v) is 3.79. The van der Waals surface area contributed by atoms with E-state index in [1.165, 1.54) is 11.3 Å². The monoisotopic (exact) mass is 364 g/mol. The number of esters is 1. The molecule has 0 N–H and O–H groups in total. The SMILES string of the molecule is CC.CCOC(=O)c1cc2cc(Br)c3ccccc3c2s1. The van der Waals surface area contributed by atoms with Crippen LogP contribution in [0.15, 0.2) is 40.9 Å². The topological polar surface area (TPSA) is 26.3 Å². The van der Waals surface area contributed by atoms with Gasteiger partial charge in [-0.1, -0.05) is 54.0 Å². The second kappa shape index (κ2) is 7.05. The molecule has 1 heterocycles. The van der Waals surface area contributed by atoms with E-state index in [4.69, 9.17) is 4.74 Å². The van der Waals surface area contributed by atoms with Crippen LogP contribution in [-0.2, 0) is 4.74 Å². The summed E-state index contributed by atoms with van der Waals surface area (Å²) in [5.74, 6) is -0.246. The highest BCUT2D eigenvalue weighted by atomic mass is 79.9. The third-order valence-electron chi connectivity index (χ3n) is 2.95. The number of benzene rings is 2. The molecular formula is C17H17BrO2S. The third kappa shape index (κ3) is 3.11. The van der Waals surface area contributed by atoms with Crippen LogP contribution in [-0.4, -0.2) is 12.6 Å². The number of fused-ring (bicyclic) bond motifs is 3. The molecular weight excluding hydrogens is 348 g/mol. The van der Waals surface area contributed by atoms with Gasteiger partial charge in [-0.2, -0.15) is 0 Å². The van der Waals surface area contributed by atoms with Gasteiger partial charge in [0, 0.05) is 14.6 Å². The molecule has 0 fully saturated rings. The summed E-state index contributed by atoms with van der Waals surface area (Å²) < 4.78 is 7.23. The summed E-state index contributed by atoms with van der Waals surface area (Å²) in [6, 6.07) is 12.1. The van der Waals surface area contributed by atoms with Crippen molar-refractivity contribution < 1.29 is 9.53 Å². The first-order valence-corrected chi connectivity index (χ1v) is 8.59. The molecule has 0 saturated heterocycles. The molecule has 0 aliphatic carbocycles. The Morgan fingerprint density at radius 1 is 1.19 bits per heavy atom. The second-order valence-corrected chi connectivity index (χ2v) is 6.06. The molecule has 1 aromatic heterocycles. The van der Waals surface area contributed by atoms with Gasteiger partial charge in [0.15, 0.2) is 0 Å². The number of hydrogen-bond donors (Lipinski definition) is 0. The van der Waals surface area contributed by atoms with Crippen molar-refractivity contribution in [1.29, 1.82) is 0 Å². The standard InChI is InChI=1S/C15H11BrO2S.C2H6/c1-2-18-15(17)13-8-9-7-12(16)10-5-3-4-6-11(10)14(9)19-13;1-2/h3-8H,2H2,1H3;1-2H3. The Bertz CT molecular complexity index is 777. The fraction of sp³-hybridized carbons (Fsp3) is 0.235. The summed E-state index contributed by atoms with van der Waals surface area (Å²) in [7, 11) is 0. The van der Waals surface area contributed by atoms with Gasteiger partial charge in [0.2, 0.25) is 0 Å².